The average Bonchev–Trinajstić information content (AvgIpc) is 2.67. The van der Waals surface area contributed by atoms with Crippen LogP contribution < -0.4 is 4.74 Å². The highest BCUT2D eigenvalue weighted by molar-refractivity contribution is 7.88. The van der Waals surface area contributed by atoms with Gasteiger partial charge in [0, 0.05) is 12.7 Å². The van der Waals surface area contributed by atoms with Crippen LogP contribution in [0.15, 0.2) is 24.5 Å². The van der Waals surface area contributed by atoms with Gasteiger partial charge in [-0.15, -0.1) is 0 Å². The van der Waals surface area contributed by atoms with Gasteiger partial charge in [0.05, 0.1) is 19.0 Å². The van der Waals surface area contributed by atoms with Gasteiger partial charge in [-0.2, -0.15) is 4.31 Å². The molecule has 0 aliphatic carbocycles. The molecular formula is C10H14N2O3S. The quantitative estimate of drug-likeness (QED) is 0.774. The first kappa shape index (κ1) is 11.3. The predicted molar refractivity (Wildman–Crippen MR) is 59.7 cm³/mol. The van der Waals surface area contributed by atoms with Crippen LogP contribution in [0.3, 0.4) is 0 Å². The number of hydrogen-bond acceptors (Lipinski definition) is 4. The SMILES string of the molecule is CS(=O)(=O)N1CC[C@H](Oc2cccnc2)C1. The highest BCUT2D eigenvalue weighted by Crippen LogP contribution is 2.18. The van der Waals surface area contributed by atoms with Gasteiger partial charge in [-0.05, 0) is 18.6 Å². The standard InChI is InChI=1S/C10H14N2O3S/c1-16(13,14)12-6-4-10(8-12)15-9-3-2-5-11-7-9/h2-3,5,7,10H,4,6,8H2,1H3/t10-/m0/s1. The molecule has 1 aromatic rings. The summed E-state index contributed by atoms with van der Waals surface area (Å²) >= 11 is 0. The van der Waals surface area contributed by atoms with Crippen molar-refractivity contribution >= 4 is 10.0 Å². The van der Waals surface area contributed by atoms with Gasteiger partial charge in [-0.1, -0.05) is 0 Å². The molecule has 0 radical (unpaired) electrons. The zero-order chi connectivity index (χ0) is 11.6. The minimum atomic E-state index is -3.09. The molecule has 1 fully saturated rings. The molecule has 2 heterocycles. The molecule has 0 amide bonds. The van der Waals surface area contributed by atoms with Crippen LogP contribution in [0, 0.1) is 0 Å². The van der Waals surface area contributed by atoms with E-state index in [1.54, 1.807) is 18.5 Å². The molecule has 5 nitrogen and oxygen atoms in total. The highest BCUT2D eigenvalue weighted by atomic mass is 32.2. The normalized spacial score (nSPS) is 22.2. The molecule has 2 rings (SSSR count). The van der Waals surface area contributed by atoms with Gasteiger partial charge in [0.1, 0.15) is 11.9 Å². The maximum Gasteiger partial charge on any atom is 0.211 e. The van der Waals surface area contributed by atoms with Crippen LogP contribution in [-0.4, -0.2) is 43.2 Å². The molecule has 16 heavy (non-hydrogen) atoms. The number of nitrogens with zero attached hydrogens (tertiary/aromatic N) is 2. The molecule has 0 saturated carbocycles. The Morgan fingerprint density at radius 3 is 2.94 bits per heavy atom. The summed E-state index contributed by atoms with van der Waals surface area (Å²) in [5.41, 5.74) is 0. The van der Waals surface area contributed by atoms with Crippen LogP contribution in [0.5, 0.6) is 5.75 Å². The third-order valence-corrected chi connectivity index (χ3v) is 3.78. The summed E-state index contributed by atoms with van der Waals surface area (Å²) in [5.74, 6) is 0.683. The molecule has 1 aromatic heterocycles. The zero-order valence-electron chi connectivity index (χ0n) is 9.04. The van der Waals surface area contributed by atoms with Crippen LogP contribution >= 0.6 is 0 Å². The predicted octanol–water partition coefficient (Wildman–Crippen LogP) is 0.494. The molecule has 1 aliphatic heterocycles. The number of sulfonamides is 1. The molecule has 0 unspecified atom stereocenters. The summed E-state index contributed by atoms with van der Waals surface area (Å²) in [6.07, 6.45) is 5.17. The Kier molecular flexibility index (Phi) is 3.11. The molecule has 1 atom stereocenters. The fraction of sp³-hybridized carbons (Fsp3) is 0.500. The third-order valence-electron chi connectivity index (χ3n) is 2.51. The van der Waals surface area contributed by atoms with Gasteiger partial charge in [0.2, 0.25) is 10.0 Å². The topological polar surface area (TPSA) is 59.5 Å². The van der Waals surface area contributed by atoms with Crippen molar-refractivity contribution in [3.05, 3.63) is 24.5 Å². The van der Waals surface area contributed by atoms with E-state index < -0.39 is 10.0 Å². The number of aromatic nitrogens is 1. The number of hydrogen-bond donors (Lipinski definition) is 0. The molecule has 0 aromatic carbocycles. The lowest BCUT2D eigenvalue weighted by atomic mass is 10.3. The van der Waals surface area contributed by atoms with E-state index in [-0.39, 0.29) is 6.10 Å². The van der Waals surface area contributed by atoms with E-state index in [0.717, 1.165) is 6.42 Å². The smallest absolute Gasteiger partial charge is 0.211 e. The summed E-state index contributed by atoms with van der Waals surface area (Å²) in [6.45, 7) is 0.956. The van der Waals surface area contributed by atoms with Crippen molar-refractivity contribution in [1.29, 1.82) is 0 Å². The lowest BCUT2D eigenvalue weighted by molar-refractivity contribution is 0.215. The van der Waals surface area contributed by atoms with Crippen molar-refractivity contribution in [1.82, 2.24) is 9.29 Å². The number of pyridine rings is 1. The van der Waals surface area contributed by atoms with Crippen molar-refractivity contribution in [2.75, 3.05) is 19.3 Å². The summed E-state index contributed by atoms with van der Waals surface area (Å²) in [5, 5.41) is 0. The molecule has 1 aliphatic rings. The van der Waals surface area contributed by atoms with Crippen molar-refractivity contribution in [2.24, 2.45) is 0 Å². The molecule has 0 spiro atoms. The summed E-state index contributed by atoms with van der Waals surface area (Å²) < 4.78 is 29.6. The summed E-state index contributed by atoms with van der Waals surface area (Å²) in [4.78, 5) is 3.94. The number of ether oxygens (including phenoxy) is 1. The van der Waals surface area contributed by atoms with Gasteiger partial charge in [-0.25, -0.2) is 8.42 Å². The highest BCUT2D eigenvalue weighted by Gasteiger charge is 2.29. The summed E-state index contributed by atoms with van der Waals surface area (Å²) in [7, 11) is -3.09. The Morgan fingerprint density at radius 2 is 2.38 bits per heavy atom. The zero-order valence-corrected chi connectivity index (χ0v) is 9.85. The van der Waals surface area contributed by atoms with Crippen molar-refractivity contribution in [2.45, 2.75) is 12.5 Å². The maximum absolute atomic E-state index is 11.3. The Hall–Kier alpha value is -1.14. The van der Waals surface area contributed by atoms with Crippen LogP contribution in [-0.2, 0) is 10.0 Å². The van der Waals surface area contributed by atoms with E-state index in [0.29, 0.717) is 18.8 Å². The van der Waals surface area contributed by atoms with E-state index in [1.807, 2.05) is 6.07 Å². The molecule has 6 heteroatoms. The Morgan fingerprint density at radius 1 is 1.56 bits per heavy atom. The van der Waals surface area contributed by atoms with Gasteiger partial charge in [0.15, 0.2) is 0 Å². The lowest BCUT2D eigenvalue weighted by Gasteiger charge is -2.14. The molecule has 1 saturated heterocycles. The van der Waals surface area contributed by atoms with Crippen LogP contribution in [0.1, 0.15) is 6.42 Å². The number of rotatable bonds is 3. The van der Waals surface area contributed by atoms with E-state index in [4.69, 9.17) is 4.74 Å². The maximum atomic E-state index is 11.3. The molecular weight excluding hydrogens is 228 g/mol. The van der Waals surface area contributed by atoms with E-state index >= 15 is 0 Å². The Labute approximate surface area is 95.1 Å². The van der Waals surface area contributed by atoms with E-state index in [1.165, 1.54) is 10.6 Å². The van der Waals surface area contributed by atoms with Gasteiger partial charge in [-0.3, -0.25) is 4.98 Å². The largest absolute Gasteiger partial charge is 0.487 e. The van der Waals surface area contributed by atoms with Crippen molar-refractivity contribution in [3.63, 3.8) is 0 Å². The average molecular weight is 242 g/mol. The first-order valence-electron chi connectivity index (χ1n) is 5.07. The fourth-order valence-electron chi connectivity index (χ4n) is 1.70. The van der Waals surface area contributed by atoms with Crippen LogP contribution in [0.2, 0.25) is 0 Å². The monoisotopic (exact) mass is 242 g/mol. The third kappa shape index (κ3) is 2.70. The van der Waals surface area contributed by atoms with Crippen LogP contribution in [0.25, 0.3) is 0 Å². The first-order chi connectivity index (χ1) is 7.55. The van der Waals surface area contributed by atoms with E-state index in [2.05, 4.69) is 4.98 Å². The first-order valence-corrected chi connectivity index (χ1v) is 6.92. The van der Waals surface area contributed by atoms with Crippen LogP contribution in [0.4, 0.5) is 0 Å². The Balaban J connectivity index is 1.96. The van der Waals surface area contributed by atoms with E-state index in [9.17, 15) is 8.42 Å². The molecule has 88 valence electrons. The van der Waals surface area contributed by atoms with Gasteiger partial charge < -0.3 is 4.74 Å². The lowest BCUT2D eigenvalue weighted by Crippen LogP contribution is -2.29. The fourth-order valence-corrected chi connectivity index (χ4v) is 2.58. The second kappa shape index (κ2) is 4.39. The second-order valence-electron chi connectivity index (χ2n) is 3.84. The van der Waals surface area contributed by atoms with Crippen molar-refractivity contribution < 1.29 is 13.2 Å². The molecule has 0 bridgehead atoms. The van der Waals surface area contributed by atoms with Gasteiger partial charge >= 0.3 is 0 Å². The molecule has 0 N–H and O–H groups in total. The van der Waals surface area contributed by atoms with Gasteiger partial charge in [0.25, 0.3) is 0 Å². The Bertz CT molecular complexity index is 446. The van der Waals surface area contributed by atoms with Crippen molar-refractivity contribution in [3.8, 4) is 5.75 Å². The second-order valence-corrected chi connectivity index (χ2v) is 5.82. The minimum absolute atomic E-state index is 0.0704. The minimum Gasteiger partial charge on any atom is -0.487 e. The summed E-state index contributed by atoms with van der Waals surface area (Å²) in [6, 6.07) is 3.61.